The highest BCUT2D eigenvalue weighted by molar-refractivity contribution is 5.27. The van der Waals surface area contributed by atoms with Crippen LogP contribution in [0.25, 0.3) is 0 Å². The number of benzene rings is 2. The Morgan fingerprint density at radius 2 is 1.00 bits per heavy atom. The lowest BCUT2D eigenvalue weighted by molar-refractivity contribution is -0.342. The van der Waals surface area contributed by atoms with Gasteiger partial charge in [-0.1, -0.05) is 24.3 Å². The number of phenols is 2. The summed E-state index contributed by atoms with van der Waals surface area (Å²) in [5, 5.41) is 18.7. The van der Waals surface area contributed by atoms with Crippen molar-refractivity contribution >= 4 is 0 Å². The van der Waals surface area contributed by atoms with Gasteiger partial charge in [0.1, 0.15) is 23.7 Å². The SMILES string of the molecule is Oc1ccc(C2OCC3OC(c4ccc(O)cc4)OCC3O2)cc1. The van der Waals surface area contributed by atoms with Gasteiger partial charge in [0.2, 0.25) is 0 Å². The normalized spacial score (nSPS) is 29.8. The Morgan fingerprint density at radius 1 is 0.625 bits per heavy atom. The Morgan fingerprint density at radius 3 is 1.38 bits per heavy atom. The average Bonchev–Trinajstić information content (AvgIpc) is 2.62. The zero-order valence-corrected chi connectivity index (χ0v) is 12.9. The molecule has 0 spiro atoms. The maximum absolute atomic E-state index is 9.36. The third-order valence-electron chi connectivity index (χ3n) is 4.17. The van der Waals surface area contributed by atoms with Gasteiger partial charge in [0.05, 0.1) is 13.2 Å². The molecule has 2 N–H and O–H groups in total. The lowest BCUT2D eigenvalue weighted by Crippen LogP contribution is -2.49. The van der Waals surface area contributed by atoms with Crippen molar-refractivity contribution < 1.29 is 29.2 Å². The van der Waals surface area contributed by atoms with Crippen LogP contribution < -0.4 is 0 Å². The topological polar surface area (TPSA) is 77.4 Å². The monoisotopic (exact) mass is 330 g/mol. The first kappa shape index (κ1) is 15.4. The number of hydrogen-bond donors (Lipinski definition) is 2. The van der Waals surface area contributed by atoms with Crippen LogP contribution in [-0.2, 0) is 18.9 Å². The predicted molar refractivity (Wildman–Crippen MR) is 83.3 cm³/mol. The number of aromatic hydroxyl groups is 2. The molecule has 4 atom stereocenters. The van der Waals surface area contributed by atoms with E-state index in [9.17, 15) is 10.2 Å². The molecule has 0 radical (unpaired) electrons. The average molecular weight is 330 g/mol. The maximum atomic E-state index is 9.36. The zero-order chi connectivity index (χ0) is 16.5. The minimum Gasteiger partial charge on any atom is -0.508 e. The maximum Gasteiger partial charge on any atom is 0.184 e. The summed E-state index contributed by atoms with van der Waals surface area (Å²) < 4.78 is 23.4. The van der Waals surface area contributed by atoms with Crippen LogP contribution in [0.15, 0.2) is 48.5 Å². The Labute approximate surface area is 139 Å². The van der Waals surface area contributed by atoms with Crippen molar-refractivity contribution in [3.05, 3.63) is 59.7 Å². The molecule has 2 aromatic rings. The van der Waals surface area contributed by atoms with E-state index in [1.807, 2.05) is 0 Å². The summed E-state index contributed by atoms with van der Waals surface area (Å²) in [7, 11) is 0. The quantitative estimate of drug-likeness (QED) is 0.881. The Kier molecular flexibility index (Phi) is 4.12. The van der Waals surface area contributed by atoms with E-state index in [0.29, 0.717) is 13.2 Å². The standard InChI is InChI=1S/C18H18O6/c19-13-5-1-11(2-6-13)17-21-9-16-15(23-17)10-22-18(24-16)12-3-7-14(20)8-4-12/h1-8,15-20H,9-10H2. The smallest absolute Gasteiger partial charge is 0.184 e. The van der Waals surface area contributed by atoms with E-state index in [4.69, 9.17) is 18.9 Å². The van der Waals surface area contributed by atoms with Gasteiger partial charge >= 0.3 is 0 Å². The minimum absolute atomic E-state index is 0.202. The highest BCUT2D eigenvalue weighted by Gasteiger charge is 2.39. The molecule has 2 aromatic carbocycles. The molecule has 4 rings (SSSR count). The Bertz CT molecular complexity index is 622. The second kappa shape index (κ2) is 6.41. The van der Waals surface area contributed by atoms with E-state index >= 15 is 0 Å². The van der Waals surface area contributed by atoms with Crippen LogP contribution in [0.5, 0.6) is 11.5 Å². The molecule has 0 aliphatic carbocycles. The first-order valence-corrected chi connectivity index (χ1v) is 7.81. The molecule has 126 valence electrons. The number of ether oxygens (including phenoxy) is 4. The van der Waals surface area contributed by atoms with E-state index in [2.05, 4.69) is 0 Å². The molecule has 0 aromatic heterocycles. The second-order valence-electron chi connectivity index (χ2n) is 5.86. The van der Waals surface area contributed by atoms with Gasteiger partial charge in [-0.15, -0.1) is 0 Å². The molecule has 2 fully saturated rings. The molecule has 6 nitrogen and oxygen atoms in total. The van der Waals surface area contributed by atoms with E-state index in [-0.39, 0.29) is 23.7 Å². The summed E-state index contributed by atoms with van der Waals surface area (Å²) in [6.45, 7) is 0.794. The fourth-order valence-corrected chi connectivity index (χ4v) is 2.84. The largest absolute Gasteiger partial charge is 0.508 e. The van der Waals surface area contributed by atoms with Gasteiger partial charge in [-0.3, -0.25) is 0 Å². The van der Waals surface area contributed by atoms with Crippen LogP contribution in [0.1, 0.15) is 23.7 Å². The Hall–Kier alpha value is -2.12. The van der Waals surface area contributed by atoms with Gasteiger partial charge < -0.3 is 29.2 Å². The third-order valence-corrected chi connectivity index (χ3v) is 4.17. The molecule has 0 amide bonds. The van der Waals surface area contributed by atoms with Gasteiger partial charge in [0.15, 0.2) is 12.6 Å². The van der Waals surface area contributed by atoms with Crippen LogP contribution in [0.4, 0.5) is 0 Å². The first-order valence-electron chi connectivity index (χ1n) is 7.81. The van der Waals surface area contributed by atoms with Crippen molar-refractivity contribution in [2.45, 2.75) is 24.8 Å². The summed E-state index contributed by atoms with van der Waals surface area (Å²) >= 11 is 0. The van der Waals surface area contributed by atoms with Crippen LogP contribution >= 0.6 is 0 Å². The number of hydrogen-bond acceptors (Lipinski definition) is 6. The van der Waals surface area contributed by atoms with Gasteiger partial charge in [-0.2, -0.15) is 0 Å². The highest BCUT2D eigenvalue weighted by Crippen LogP contribution is 2.35. The number of fused-ring (bicyclic) bond motifs is 1. The van der Waals surface area contributed by atoms with E-state index < -0.39 is 12.6 Å². The van der Waals surface area contributed by atoms with E-state index in [0.717, 1.165) is 11.1 Å². The summed E-state index contributed by atoms with van der Waals surface area (Å²) in [6, 6.07) is 13.5. The molecule has 24 heavy (non-hydrogen) atoms. The highest BCUT2D eigenvalue weighted by atomic mass is 16.8. The van der Waals surface area contributed by atoms with Gasteiger partial charge in [0.25, 0.3) is 0 Å². The van der Waals surface area contributed by atoms with Gasteiger partial charge in [-0.05, 0) is 24.3 Å². The molecular formula is C18H18O6. The fraction of sp³-hybridized carbons (Fsp3) is 0.333. The molecule has 0 saturated carbocycles. The second-order valence-corrected chi connectivity index (χ2v) is 5.86. The van der Waals surface area contributed by atoms with Crippen LogP contribution in [0, 0.1) is 0 Å². The number of phenolic OH excluding ortho intramolecular Hbond substituents is 2. The predicted octanol–water partition coefficient (Wildman–Crippen LogP) is 2.63. The lowest BCUT2D eigenvalue weighted by atomic mass is 10.1. The van der Waals surface area contributed by atoms with Crippen LogP contribution in [-0.4, -0.2) is 35.6 Å². The van der Waals surface area contributed by atoms with Gasteiger partial charge in [-0.25, -0.2) is 0 Å². The van der Waals surface area contributed by atoms with Crippen molar-refractivity contribution in [3.63, 3.8) is 0 Å². The van der Waals surface area contributed by atoms with Crippen molar-refractivity contribution in [2.24, 2.45) is 0 Å². The molecular weight excluding hydrogens is 312 g/mol. The summed E-state index contributed by atoms with van der Waals surface area (Å²) in [6.07, 6.45) is -1.43. The van der Waals surface area contributed by atoms with Gasteiger partial charge in [0, 0.05) is 11.1 Å². The zero-order valence-electron chi connectivity index (χ0n) is 12.9. The van der Waals surface area contributed by atoms with E-state index in [1.54, 1.807) is 48.5 Å². The fourth-order valence-electron chi connectivity index (χ4n) is 2.84. The van der Waals surface area contributed by atoms with Crippen molar-refractivity contribution in [2.75, 3.05) is 13.2 Å². The number of rotatable bonds is 2. The molecule has 4 unspecified atom stereocenters. The molecule has 2 aliphatic rings. The minimum atomic E-state index is -0.496. The molecule has 2 aliphatic heterocycles. The lowest BCUT2D eigenvalue weighted by Gasteiger charge is -2.41. The van der Waals surface area contributed by atoms with Crippen LogP contribution in [0.3, 0.4) is 0 Å². The summed E-state index contributed by atoms with van der Waals surface area (Å²) in [5.74, 6) is 0.405. The molecule has 6 heteroatoms. The van der Waals surface area contributed by atoms with Crippen LogP contribution in [0.2, 0.25) is 0 Å². The third kappa shape index (κ3) is 3.09. The van der Waals surface area contributed by atoms with E-state index in [1.165, 1.54) is 0 Å². The molecule has 0 bridgehead atoms. The molecule has 2 heterocycles. The van der Waals surface area contributed by atoms with Crippen molar-refractivity contribution in [1.29, 1.82) is 0 Å². The molecule has 2 saturated heterocycles. The Balaban J connectivity index is 1.41. The van der Waals surface area contributed by atoms with Crippen molar-refractivity contribution in [3.8, 4) is 11.5 Å². The first-order chi connectivity index (χ1) is 11.7. The summed E-state index contributed by atoms with van der Waals surface area (Å²) in [4.78, 5) is 0. The van der Waals surface area contributed by atoms with Crippen molar-refractivity contribution in [1.82, 2.24) is 0 Å². The summed E-state index contributed by atoms with van der Waals surface area (Å²) in [5.41, 5.74) is 1.68.